The van der Waals surface area contributed by atoms with E-state index in [9.17, 15) is 9.18 Å². The van der Waals surface area contributed by atoms with E-state index in [1.54, 1.807) is 18.5 Å². The summed E-state index contributed by atoms with van der Waals surface area (Å²) in [4.78, 5) is 16.1. The fraction of sp³-hybridized carbons (Fsp3) is 0.333. The van der Waals surface area contributed by atoms with E-state index in [1.165, 1.54) is 12.1 Å². The summed E-state index contributed by atoms with van der Waals surface area (Å²) in [5.41, 5.74) is 1.76. The minimum Gasteiger partial charge on any atom is -0.371 e. The highest BCUT2D eigenvalue weighted by Gasteiger charge is 2.31. The van der Waals surface area contributed by atoms with Crippen molar-refractivity contribution in [2.45, 2.75) is 31.4 Å². The quantitative estimate of drug-likeness (QED) is 0.900. The van der Waals surface area contributed by atoms with E-state index in [2.05, 4.69) is 10.3 Å². The summed E-state index contributed by atoms with van der Waals surface area (Å²) in [6.45, 7) is 0.532. The highest BCUT2D eigenvalue weighted by atomic mass is 35.5. The lowest BCUT2D eigenvalue weighted by Crippen LogP contribution is -2.36. The Labute approximate surface area is 145 Å². The Morgan fingerprint density at radius 1 is 1.33 bits per heavy atom. The Morgan fingerprint density at radius 3 is 2.88 bits per heavy atom. The molecule has 3 rings (SSSR count). The van der Waals surface area contributed by atoms with Gasteiger partial charge in [-0.15, -0.1) is 0 Å². The molecule has 0 spiro atoms. The number of hydrogen-bond acceptors (Lipinski definition) is 3. The second-order valence-corrected chi connectivity index (χ2v) is 6.19. The highest BCUT2D eigenvalue weighted by molar-refractivity contribution is 6.30. The third-order valence-corrected chi connectivity index (χ3v) is 4.41. The average Bonchev–Trinajstić information content (AvgIpc) is 3.04. The van der Waals surface area contributed by atoms with Crippen LogP contribution in [0.1, 0.15) is 30.1 Å². The Kier molecular flexibility index (Phi) is 5.43. The zero-order chi connectivity index (χ0) is 16.9. The lowest BCUT2D eigenvalue weighted by atomic mass is 10.0. The first kappa shape index (κ1) is 16.9. The van der Waals surface area contributed by atoms with Gasteiger partial charge in [-0.3, -0.25) is 9.78 Å². The minimum atomic E-state index is -0.479. The van der Waals surface area contributed by atoms with Crippen molar-refractivity contribution in [3.8, 4) is 0 Å². The number of nitrogens with zero attached hydrogens (tertiary/aromatic N) is 1. The maximum Gasteiger partial charge on any atom is 0.220 e. The van der Waals surface area contributed by atoms with Crippen molar-refractivity contribution in [3.05, 3.63) is 64.7 Å². The normalized spacial score (nSPS) is 20.1. The molecule has 1 N–H and O–H groups in total. The topological polar surface area (TPSA) is 51.2 Å². The fourth-order valence-electron chi connectivity index (χ4n) is 2.84. The lowest BCUT2D eigenvalue weighted by Gasteiger charge is -2.20. The summed E-state index contributed by atoms with van der Waals surface area (Å²) < 4.78 is 19.3. The van der Waals surface area contributed by atoms with Crippen molar-refractivity contribution in [1.82, 2.24) is 10.3 Å². The van der Waals surface area contributed by atoms with Crippen molar-refractivity contribution in [1.29, 1.82) is 0 Å². The molecule has 1 amide bonds. The molecular formula is C18H18ClFN2O2. The fourth-order valence-corrected chi connectivity index (χ4v) is 2.96. The number of carbonyl (C=O) groups is 1. The van der Waals surface area contributed by atoms with Gasteiger partial charge in [0.15, 0.2) is 0 Å². The molecule has 0 radical (unpaired) electrons. The van der Waals surface area contributed by atoms with Crippen molar-refractivity contribution < 1.29 is 13.9 Å². The smallest absolute Gasteiger partial charge is 0.220 e. The molecule has 6 heteroatoms. The molecule has 1 saturated heterocycles. The van der Waals surface area contributed by atoms with Crippen LogP contribution in [0.2, 0.25) is 5.02 Å². The molecule has 2 atom stereocenters. The van der Waals surface area contributed by atoms with Gasteiger partial charge in [-0.2, -0.15) is 0 Å². The number of benzene rings is 1. The van der Waals surface area contributed by atoms with E-state index in [0.717, 1.165) is 5.56 Å². The molecule has 0 bridgehead atoms. The van der Waals surface area contributed by atoms with Crippen LogP contribution >= 0.6 is 11.6 Å². The molecule has 1 aliphatic rings. The molecule has 126 valence electrons. The number of ether oxygens (including phenoxy) is 1. The predicted molar refractivity (Wildman–Crippen MR) is 89.2 cm³/mol. The Morgan fingerprint density at radius 2 is 2.12 bits per heavy atom. The first-order valence-electron chi connectivity index (χ1n) is 7.88. The summed E-state index contributed by atoms with van der Waals surface area (Å²) in [6, 6.07) is 8.24. The number of halogens is 2. The molecule has 0 unspecified atom stereocenters. The number of carbonyl (C=O) groups excluding carboxylic acids is 1. The molecule has 1 aromatic heterocycles. The van der Waals surface area contributed by atoms with Crippen LogP contribution in [0.15, 0.2) is 42.7 Å². The van der Waals surface area contributed by atoms with Crippen LogP contribution in [0.5, 0.6) is 0 Å². The van der Waals surface area contributed by atoms with Crippen molar-refractivity contribution in [2.24, 2.45) is 0 Å². The van der Waals surface area contributed by atoms with Crippen molar-refractivity contribution in [3.63, 3.8) is 0 Å². The molecule has 4 nitrogen and oxygen atoms in total. The van der Waals surface area contributed by atoms with Crippen LogP contribution in [-0.4, -0.2) is 23.5 Å². The van der Waals surface area contributed by atoms with Crippen molar-refractivity contribution >= 4 is 17.5 Å². The van der Waals surface area contributed by atoms with Gasteiger partial charge in [0.05, 0.1) is 11.1 Å². The second-order valence-electron chi connectivity index (χ2n) is 5.78. The molecule has 1 fully saturated rings. The van der Waals surface area contributed by atoms with Crippen LogP contribution < -0.4 is 5.32 Å². The molecular weight excluding hydrogens is 331 g/mol. The Balaban J connectivity index is 1.59. The van der Waals surface area contributed by atoms with E-state index < -0.39 is 5.82 Å². The molecule has 0 saturated carbocycles. The van der Waals surface area contributed by atoms with E-state index in [0.29, 0.717) is 31.4 Å². The van der Waals surface area contributed by atoms with E-state index in [4.69, 9.17) is 16.3 Å². The van der Waals surface area contributed by atoms with Crippen LogP contribution in [0, 0.1) is 5.82 Å². The number of aryl methyl sites for hydroxylation is 1. The summed E-state index contributed by atoms with van der Waals surface area (Å²) >= 11 is 5.72. The molecule has 1 aromatic carbocycles. The third-order valence-electron chi connectivity index (χ3n) is 4.10. The highest BCUT2D eigenvalue weighted by Crippen LogP contribution is 2.31. The maximum atomic E-state index is 13.7. The van der Waals surface area contributed by atoms with Gasteiger partial charge < -0.3 is 10.1 Å². The number of nitrogens with one attached hydrogen (secondary N) is 1. The first-order valence-corrected chi connectivity index (χ1v) is 8.26. The number of hydrogen-bond donors (Lipinski definition) is 1. The molecule has 2 aromatic rings. The molecule has 0 aliphatic carbocycles. The zero-order valence-electron chi connectivity index (χ0n) is 13.0. The monoisotopic (exact) mass is 348 g/mol. The Hall–Kier alpha value is -1.98. The van der Waals surface area contributed by atoms with Crippen LogP contribution in [0.25, 0.3) is 0 Å². The van der Waals surface area contributed by atoms with E-state index >= 15 is 0 Å². The second kappa shape index (κ2) is 7.73. The largest absolute Gasteiger partial charge is 0.371 e. The van der Waals surface area contributed by atoms with Gasteiger partial charge in [0.1, 0.15) is 11.9 Å². The average molecular weight is 349 g/mol. The van der Waals surface area contributed by atoms with Crippen LogP contribution in [-0.2, 0) is 16.0 Å². The summed E-state index contributed by atoms with van der Waals surface area (Å²) in [5, 5.41) is 3.08. The van der Waals surface area contributed by atoms with Gasteiger partial charge >= 0.3 is 0 Å². The number of rotatable bonds is 5. The predicted octanol–water partition coefficient (Wildman–Crippen LogP) is 3.45. The standard InChI is InChI=1S/C18H18ClFN2O2/c19-14-3-2-13(11-15(14)20)18-16(7-10-24-18)22-17(23)4-1-12-5-8-21-9-6-12/h2-3,5-6,8-9,11,16,18H,1,4,7,10H2,(H,22,23)/t16-,18+/m1/s1. The molecule has 1 aliphatic heterocycles. The van der Waals surface area contributed by atoms with Gasteiger partial charge in [-0.25, -0.2) is 4.39 Å². The summed E-state index contributed by atoms with van der Waals surface area (Å²) in [5.74, 6) is -0.519. The van der Waals surface area contributed by atoms with Crippen molar-refractivity contribution in [2.75, 3.05) is 6.61 Å². The van der Waals surface area contributed by atoms with Gasteiger partial charge in [-0.05, 0) is 48.2 Å². The van der Waals surface area contributed by atoms with Gasteiger partial charge in [0.25, 0.3) is 0 Å². The lowest BCUT2D eigenvalue weighted by molar-refractivity contribution is -0.122. The number of aromatic nitrogens is 1. The summed E-state index contributed by atoms with van der Waals surface area (Å²) in [6.07, 6.45) is 4.83. The Bertz CT molecular complexity index is 711. The zero-order valence-corrected chi connectivity index (χ0v) is 13.8. The van der Waals surface area contributed by atoms with Gasteiger partial charge in [-0.1, -0.05) is 17.7 Å². The molecule has 2 heterocycles. The minimum absolute atomic E-state index is 0.0400. The van der Waals surface area contributed by atoms with E-state index in [-0.39, 0.29) is 23.1 Å². The summed E-state index contributed by atoms with van der Waals surface area (Å²) in [7, 11) is 0. The number of pyridine rings is 1. The maximum absolute atomic E-state index is 13.7. The first-order chi connectivity index (χ1) is 11.6. The molecule has 24 heavy (non-hydrogen) atoms. The number of amides is 1. The van der Waals surface area contributed by atoms with E-state index in [1.807, 2.05) is 12.1 Å². The third kappa shape index (κ3) is 4.10. The SMILES string of the molecule is O=C(CCc1ccncc1)N[C@@H]1CCO[C@H]1c1ccc(Cl)c(F)c1. The van der Waals surface area contributed by atoms with Crippen LogP contribution in [0.3, 0.4) is 0 Å². The van der Waals surface area contributed by atoms with Gasteiger partial charge in [0, 0.05) is 25.4 Å². The van der Waals surface area contributed by atoms with Crippen LogP contribution in [0.4, 0.5) is 4.39 Å². The van der Waals surface area contributed by atoms with Gasteiger partial charge in [0.2, 0.25) is 5.91 Å².